The number of aromatic amines is 1. The Labute approximate surface area is 88.2 Å². The molecule has 78 valence electrons. The number of aromatic nitrogens is 4. The first kappa shape index (κ1) is 8.83. The second-order valence-corrected chi connectivity index (χ2v) is 4.48. The van der Waals surface area contributed by atoms with Crippen LogP contribution in [0, 0.1) is 5.92 Å². The standard InChI is InChI=1S/C11H14N4/c1-7-2-3-8(4-7)9-10-11(14-5-12-9)15-6-13-10/h5-8H,2-4H2,1H3,(H,12,13,14,15). The van der Waals surface area contributed by atoms with Gasteiger partial charge in [0.1, 0.15) is 11.8 Å². The first-order valence-corrected chi connectivity index (χ1v) is 5.48. The van der Waals surface area contributed by atoms with Gasteiger partial charge in [-0.05, 0) is 18.8 Å². The predicted molar refractivity (Wildman–Crippen MR) is 57.4 cm³/mol. The summed E-state index contributed by atoms with van der Waals surface area (Å²) in [5, 5.41) is 0. The van der Waals surface area contributed by atoms with Crippen molar-refractivity contribution >= 4 is 11.2 Å². The van der Waals surface area contributed by atoms with E-state index in [1.54, 1.807) is 12.7 Å². The molecule has 0 aliphatic heterocycles. The zero-order chi connectivity index (χ0) is 10.3. The lowest BCUT2D eigenvalue weighted by molar-refractivity contribution is 0.593. The van der Waals surface area contributed by atoms with Gasteiger partial charge in [-0.15, -0.1) is 0 Å². The van der Waals surface area contributed by atoms with E-state index in [4.69, 9.17) is 0 Å². The van der Waals surface area contributed by atoms with Crippen LogP contribution in [0.3, 0.4) is 0 Å². The van der Waals surface area contributed by atoms with Crippen molar-refractivity contribution in [3.63, 3.8) is 0 Å². The molecule has 15 heavy (non-hydrogen) atoms. The molecular formula is C11H14N4. The molecule has 2 aromatic heterocycles. The van der Waals surface area contributed by atoms with Gasteiger partial charge < -0.3 is 4.98 Å². The van der Waals surface area contributed by atoms with E-state index in [9.17, 15) is 0 Å². The smallest absolute Gasteiger partial charge is 0.180 e. The molecule has 0 spiro atoms. The molecule has 1 saturated carbocycles. The summed E-state index contributed by atoms with van der Waals surface area (Å²) >= 11 is 0. The molecule has 1 fully saturated rings. The van der Waals surface area contributed by atoms with E-state index in [1.165, 1.54) is 19.3 Å². The second-order valence-electron chi connectivity index (χ2n) is 4.48. The average molecular weight is 202 g/mol. The number of H-pyrrole nitrogens is 1. The van der Waals surface area contributed by atoms with Gasteiger partial charge in [0.25, 0.3) is 0 Å². The van der Waals surface area contributed by atoms with Gasteiger partial charge in [0.2, 0.25) is 0 Å². The van der Waals surface area contributed by atoms with Crippen LogP contribution in [0.5, 0.6) is 0 Å². The van der Waals surface area contributed by atoms with E-state index in [2.05, 4.69) is 26.9 Å². The summed E-state index contributed by atoms with van der Waals surface area (Å²) in [6.45, 7) is 2.31. The van der Waals surface area contributed by atoms with E-state index in [1.807, 2.05) is 0 Å². The fraction of sp³-hybridized carbons (Fsp3) is 0.545. The molecule has 1 aliphatic rings. The summed E-state index contributed by atoms with van der Waals surface area (Å²) in [6.07, 6.45) is 7.12. The maximum absolute atomic E-state index is 4.41. The fourth-order valence-corrected chi connectivity index (χ4v) is 2.55. The molecule has 0 saturated heterocycles. The Morgan fingerprint density at radius 1 is 1.27 bits per heavy atom. The van der Waals surface area contributed by atoms with Crippen molar-refractivity contribution in [3.05, 3.63) is 18.3 Å². The second kappa shape index (κ2) is 3.29. The molecule has 4 nitrogen and oxygen atoms in total. The molecule has 0 aromatic carbocycles. The minimum absolute atomic E-state index is 0.589. The molecule has 0 bridgehead atoms. The fourth-order valence-electron chi connectivity index (χ4n) is 2.55. The van der Waals surface area contributed by atoms with Crippen molar-refractivity contribution in [2.45, 2.75) is 32.1 Å². The zero-order valence-electron chi connectivity index (χ0n) is 8.77. The molecule has 2 unspecified atom stereocenters. The number of nitrogens with one attached hydrogen (secondary N) is 1. The number of imidazole rings is 1. The predicted octanol–water partition coefficient (Wildman–Crippen LogP) is 2.26. The molecule has 2 aromatic rings. The number of hydrogen-bond acceptors (Lipinski definition) is 3. The van der Waals surface area contributed by atoms with Crippen LogP contribution in [0.4, 0.5) is 0 Å². The Morgan fingerprint density at radius 3 is 3.00 bits per heavy atom. The van der Waals surface area contributed by atoms with Gasteiger partial charge in [-0.1, -0.05) is 13.3 Å². The van der Waals surface area contributed by atoms with Crippen LogP contribution in [-0.4, -0.2) is 19.9 Å². The Morgan fingerprint density at radius 2 is 2.20 bits per heavy atom. The van der Waals surface area contributed by atoms with Crippen molar-refractivity contribution in [2.24, 2.45) is 5.92 Å². The SMILES string of the molecule is CC1CCC(c2ncnc3nc[nH]c23)C1. The highest BCUT2D eigenvalue weighted by molar-refractivity contribution is 5.72. The minimum Gasteiger partial charge on any atom is -0.342 e. The van der Waals surface area contributed by atoms with E-state index < -0.39 is 0 Å². The van der Waals surface area contributed by atoms with Gasteiger partial charge in [0.15, 0.2) is 5.65 Å². The molecule has 2 heterocycles. The normalized spacial score (nSPS) is 26.2. The van der Waals surface area contributed by atoms with Crippen molar-refractivity contribution < 1.29 is 0 Å². The summed E-state index contributed by atoms with van der Waals surface area (Å²) in [5.41, 5.74) is 2.97. The van der Waals surface area contributed by atoms with E-state index in [0.29, 0.717) is 5.92 Å². The molecule has 3 rings (SSSR count). The van der Waals surface area contributed by atoms with Crippen LogP contribution < -0.4 is 0 Å². The van der Waals surface area contributed by atoms with Crippen molar-refractivity contribution in [1.29, 1.82) is 0 Å². The summed E-state index contributed by atoms with van der Waals surface area (Å²) in [7, 11) is 0. The molecule has 1 aliphatic carbocycles. The van der Waals surface area contributed by atoms with Gasteiger partial charge >= 0.3 is 0 Å². The maximum atomic E-state index is 4.41. The molecule has 2 atom stereocenters. The number of fused-ring (bicyclic) bond motifs is 1. The molecular weight excluding hydrogens is 188 g/mol. The van der Waals surface area contributed by atoms with Crippen LogP contribution in [0.15, 0.2) is 12.7 Å². The van der Waals surface area contributed by atoms with Gasteiger partial charge in [-0.3, -0.25) is 0 Å². The Bertz CT molecular complexity index is 476. The van der Waals surface area contributed by atoms with Crippen LogP contribution in [0.1, 0.15) is 37.8 Å². The third-order valence-electron chi connectivity index (χ3n) is 3.33. The van der Waals surface area contributed by atoms with Crippen molar-refractivity contribution in [2.75, 3.05) is 0 Å². The lowest BCUT2D eigenvalue weighted by atomic mass is 10.0. The number of rotatable bonds is 1. The van der Waals surface area contributed by atoms with Crippen LogP contribution in [-0.2, 0) is 0 Å². The maximum Gasteiger partial charge on any atom is 0.180 e. The highest BCUT2D eigenvalue weighted by Gasteiger charge is 2.25. The van der Waals surface area contributed by atoms with Gasteiger partial charge in [-0.2, -0.15) is 0 Å². The molecule has 0 radical (unpaired) electrons. The molecule has 0 amide bonds. The van der Waals surface area contributed by atoms with Crippen molar-refractivity contribution in [1.82, 2.24) is 19.9 Å². The zero-order valence-corrected chi connectivity index (χ0v) is 8.77. The van der Waals surface area contributed by atoms with Gasteiger partial charge in [0, 0.05) is 5.92 Å². The Balaban J connectivity index is 2.06. The Hall–Kier alpha value is -1.45. The monoisotopic (exact) mass is 202 g/mol. The molecule has 1 N–H and O–H groups in total. The van der Waals surface area contributed by atoms with Crippen LogP contribution in [0.2, 0.25) is 0 Å². The van der Waals surface area contributed by atoms with Crippen LogP contribution in [0.25, 0.3) is 11.2 Å². The summed E-state index contributed by atoms with van der Waals surface area (Å²) in [5.74, 6) is 1.41. The topological polar surface area (TPSA) is 54.5 Å². The largest absolute Gasteiger partial charge is 0.342 e. The third-order valence-corrected chi connectivity index (χ3v) is 3.33. The summed E-state index contributed by atoms with van der Waals surface area (Å²) < 4.78 is 0. The van der Waals surface area contributed by atoms with Gasteiger partial charge in [0.05, 0.1) is 12.0 Å². The van der Waals surface area contributed by atoms with Crippen molar-refractivity contribution in [3.8, 4) is 0 Å². The summed E-state index contributed by atoms with van der Waals surface area (Å²) in [6, 6.07) is 0. The molecule has 4 heteroatoms. The van der Waals surface area contributed by atoms with Gasteiger partial charge in [-0.25, -0.2) is 15.0 Å². The highest BCUT2D eigenvalue weighted by atomic mass is 15.0. The van der Waals surface area contributed by atoms with E-state index >= 15 is 0 Å². The average Bonchev–Trinajstić information content (AvgIpc) is 2.84. The minimum atomic E-state index is 0.589. The first-order chi connectivity index (χ1) is 7.34. The Kier molecular flexibility index (Phi) is 1.94. The van der Waals surface area contributed by atoms with E-state index in [0.717, 1.165) is 22.8 Å². The van der Waals surface area contributed by atoms with E-state index in [-0.39, 0.29) is 0 Å². The summed E-state index contributed by atoms with van der Waals surface area (Å²) in [4.78, 5) is 15.9. The lowest BCUT2D eigenvalue weighted by Crippen LogP contribution is -1.99. The number of hydrogen-bond donors (Lipinski definition) is 1. The quantitative estimate of drug-likeness (QED) is 0.771. The number of nitrogens with zero attached hydrogens (tertiary/aromatic N) is 3. The highest BCUT2D eigenvalue weighted by Crippen LogP contribution is 2.38. The first-order valence-electron chi connectivity index (χ1n) is 5.48. The van der Waals surface area contributed by atoms with Crippen LogP contribution >= 0.6 is 0 Å². The third kappa shape index (κ3) is 1.40. The lowest BCUT2D eigenvalue weighted by Gasteiger charge is -2.08.